The van der Waals surface area contributed by atoms with Crippen molar-refractivity contribution in [2.24, 2.45) is 0 Å². The molecule has 1 aromatic heterocycles. The number of carbonyl (C=O) groups excluding carboxylic acids is 1. The largest absolute Gasteiger partial charge is 0.346 e. The van der Waals surface area contributed by atoms with Crippen molar-refractivity contribution in [3.05, 3.63) is 82.4 Å². The Kier molecular flexibility index (Phi) is 8.22. The van der Waals surface area contributed by atoms with E-state index in [2.05, 4.69) is 20.0 Å². The first kappa shape index (κ1) is 23.0. The van der Waals surface area contributed by atoms with Gasteiger partial charge < -0.3 is 10.3 Å². The van der Waals surface area contributed by atoms with Gasteiger partial charge in [0.2, 0.25) is 5.91 Å². The van der Waals surface area contributed by atoms with Gasteiger partial charge in [0.15, 0.2) is 0 Å². The third-order valence-electron chi connectivity index (χ3n) is 4.82. The fourth-order valence-corrected chi connectivity index (χ4v) is 3.76. The number of amides is 1. The number of halogens is 1. The standard InChI is InChI=1S/C22H25ClN4O3S/c1-2-18-14-24-22(25-18)20(13-16-6-9-19(10-7-16)27-31(29)30)26-21(28)11-8-15-4-3-5-17(23)12-15/h3-7,9-10,12,14,20,27H,2,8,11,13H2,1H3,(H,24,25)(H,26,28)(H,29,30)/t20-/m0/s1. The lowest BCUT2D eigenvalue weighted by atomic mass is 10.0. The molecule has 0 bridgehead atoms. The van der Waals surface area contributed by atoms with Gasteiger partial charge >= 0.3 is 0 Å². The van der Waals surface area contributed by atoms with E-state index in [4.69, 9.17) is 16.2 Å². The number of H-pyrrole nitrogens is 1. The summed E-state index contributed by atoms with van der Waals surface area (Å²) in [5.74, 6) is 0.625. The molecule has 7 nitrogen and oxygen atoms in total. The van der Waals surface area contributed by atoms with Gasteiger partial charge in [-0.1, -0.05) is 42.8 Å². The van der Waals surface area contributed by atoms with Crippen molar-refractivity contribution in [1.29, 1.82) is 0 Å². The molecule has 1 amide bonds. The van der Waals surface area contributed by atoms with Crippen molar-refractivity contribution in [3.63, 3.8) is 0 Å². The smallest absolute Gasteiger partial charge is 0.259 e. The van der Waals surface area contributed by atoms with Crippen LogP contribution in [0, 0.1) is 0 Å². The van der Waals surface area contributed by atoms with Crippen LogP contribution in [0.4, 0.5) is 5.69 Å². The minimum atomic E-state index is -2.12. The zero-order valence-corrected chi connectivity index (χ0v) is 18.7. The molecule has 1 unspecified atom stereocenters. The Morgan fingerprint density at radius 2 is 2.00 bits per heavy atom. The van der Waals surface area contributed by atoms with E-state index in [0.717, 1.165) is 23.2 Å². The van der Waals surface area contributed by atoms with Gasteiger partial charge in [-0.25, -0.2) is 9.19 Å². The van der Waals surface area contributed by atoms with Gasteiger partial charge in [-0.15, -0.1) is 0 Å². The highest BCUT2D eigenvalue weighted by molar-refractivity contribution is 7.80. The summed E-state index contributed by atoms with van der Waals surface area (Å²) in [6, 6.07) is 14.3. The summed E-state index contributed by atoms with van der Waals surface area (Å²) in [6.45, 7) is 2.03. The number of imidazole rings is 1. The molecule has 0 saturated carbocycles. The summed E-state index contributed by atoms with van der Waals surface area (Å²) in [5, 5.41) is 3.74. The quantitative estimate of drug-likeness (QED) is 0.340. The van der Waals surface area contributed by atoms with Crippen LogP contribution < -0.4 is 10.0 Å². The van der Waals surface area contributed by atoms with Crippen molar-refractivity contribution in [2.75, 3.05) is 4.72 Å². The van der Waals surface area contributed by atoms with Crippen molar-refractivity contribution >= 4 is 34.5 Å². The average Bonchev–Trinajstić information content (AvgIpc) is 3.22. The van der Waals surface area contributed by atoms with Crippen LogP contribution in [0.3, 0.4) is 0 Å². The number of rotatable bonds is 10. The molecule has 164 valence electrons. The predicted molar refractivity (Wildman–Crippen MR) is 123 cm³/mol. The predicted octanol–water partition coefficient (Wildman–Crippen LogP) is 4.21. The van der Waals surface area contributed by atoms with Crippen LogP contribution in [-0.4, -0.2) is 24.6 Å². The van der Waals surface area contributed by atoms with E-state index in [-0.39, 0.29) is 11.9 Å². The number of hydrogen-bond donors (Lipinski definition) is 4. The summed E-state index contributed by atoms with van der Waals surface area (Å²) in [7, 11) is 0. The van der Waals surface area contributed by atoms with Crippen LogP contribution in [-0.2, 0) is 35.3 Å². The minimum Gasteiger partial charge on any atom is -0.346 e. The Hall–Kier alpha value is -2.68. The van der Waals surface area contributed by atoms with E-state index in [1.165, 1.54) is 0 Å². The van der Waals surface area contributed by atoms with Crippen molar-refractivity contribution in [2.45, 2.75) is 38.6 Å². The normalized spacial score (nSPS) is 12.9. The third kappa shape index (κ3) is 7.20. The van der Waals surface area contributed by atoms with E-state index < -0.39 is 11.3 Å². The molecule has 1 heterocycles. The fourth-order valence-electron chi connectivity index (χ4n) is 3.21. The van der Waals surface area contributed by atoms with Crippen molar-refractivity contribution < 1.29 is 13.6 Å². The molecule has 2 atom stereocenters. The first-order valence-corrected chi connectivity index (χ1v) is 11.5. The topological polar surface area (TPSA) is 107 Å². The summed E-state index contributed by atoms with van der Waals surface area (Å²) in [5.41, 5.74) is 3.51. The minimum absolute atomic E-state index is 0.0756. The molecule has 0 aliphatic carbocycles. The van der Waals surface area contributed by atoms with Crippen molar-refractivity contribution in [3.8, 4) is 0 Å². The molecule has 0 fully saturated rings. The lowest BCUT2D eigenvalue weighted by Crippen LogP contribution is -2.31. The van der Waals surface area contributed by atoms with Gasteiger partial charge in [0.25, 0.3) is 11.3 Å². The number of aromatic nitrogens is 2. The van der Waals surface area contributed by atoms with Gasteiger partial charge in [-0.3, -0.25) is 14.1 Å². The zero-order valence-electron chi connectivity index (χ0n) is 17.1. The summed E-state index contributed by atoms with van der Waals surface area (Å²) < 4.78 is 22.2. The Morgan fingerprint density at radius 1 is 1.23 bits per heavy atom. The number of aromatic amines is 1. The molecule has 31 heavy (non-hydrogen) atoms. The van der Waals surface area contributed by atoms with Crippen LogP contribution in [0.5, 0.6) is 0 Å². The lowest BCUT2D eigenvalue weighted by Gasteiger charge is -2.17. The molecular formula is C22H25ClN4O3S. The highest BCUT2D eigenvalue weighted by Crippen LogP contribution is 2.19. The molecule has 0 aliphatic rings. The summed E-state index contributed by atoms with van der Waals surface area (Å²) in [6.07, 6.45) is 4.06. The molecule has 3 rings (SSSR count). The third-order valence-corrected chi connectivity index (χ3v) is 5.47. The van der Waals surface area contributed by atoms with E-state index >= 15 is 0 Å². The maximum absolute atomic E-state index is 12.7. The van der Waals surface area contributed by atoms with E-state index in [0.29, 0.717) is 35.8 Å². The maximum atomic E-state index is 12.7. The average molecular weight is 461 g/mol. The number of nitrogens with one attached hydrogen (secondary N) is 3. The molecule has 0 saturated heterocycles. The Morgan fingerprint density at radius 3 is 2.65 bits per heavy atom. The van der Waals surface area contributed by atoms with E-state index in [9.17, 15) is 9.00 Å². The lowest BCUT2D eigenvalue weighted by molar-refractivity contribution is -0.121. The monoisotopic (exact) mass is 460 g/mol. The zero-order chi connectivity index (χ0) is 22.2. The number of carbonyl (C=O) groups is 1. The second-order valence-electron chi connectivity index (χ2n) is 7.15. The molecule has 0 spiro atoms. The highest BCUT2D eigenvalue weighted by atomic mass is 35.5. The van der Waals surface area contributed by atoms with Crippen LogP contribution in [0.2, 0.25) is 5.02 Å². The van der Waals surface area contributed by atoms with E-state index in [1.807, 2.05) is 43.3 Å². The molecule has 0 radical (unpaired) electrons. The van der Waals surface area contributed by atoms with Crippen LogP contribution in [0.25, 0.3) is 0 Å². The van der Waals surface area contributed by atoms with Crippen molar-refractivity contribution in [1.82, 2.24) is 15.3 Å². The van der Waals surface area contributed by atoms with Gasteiger partial charge in [-0.2, -0.15) is 0 Å². The van der Waals surface area contributed by atoms with Gasteiger partial charge in [0, 0.05) is 29.0 Å². The Labute approximate surface area is 189 Å². The number of aryl methyl sites for hydroxylation is 2. The molecule has 0 aliphatic heterocycles. The van der Waals surface area contributed by atoms with Gasteiger partial charge in [0.05, 0.1) is 6.04 Å². The highest BCUT2D eigenvalue weighted by Gasteiger charge is 2.18. The van der Waals surface area contributed by atoms with Crippen LogP contribution in [0.1, 0.15) is 42.0 Å². The SMILES string of the molecule is CCc1cnc([C@H](Cc2ccc(NS(=O)O)cc2)NC(=O)CCc2cccc(Cl)c2)[nH]1. The Bertz CT molecular complexity index is 1040. The van der Waals surface area contributed by atoms with Gasteiger partial charge in [-0.05, 0) is 54.7 Å². The Balaban J connectivity index is 1.68. The summed E-state index contributed by atoms with van der Waals surface area (Å²) in [4.78, 5) is 20.4. The van der Waals surface area contributed by atoms with Crippen LogP contribution in [0.15, 0.2) is 54.7 Å². The molecule has 2 aromatic carbocycles. The van der Waals surface area contributed by atoms with Gasteiger partial charge in [0.1, 0.15) is 5.82 Å². The maximum Gasteiger partial charge on any atom is 0.259 e. The second kappa shape index (κ2) is 11.1. The van der Waals surface area contributed by atoms with E-state index in [1.54, 1.807) is 18.3 Å². The first-order chi connectivity index (χ1) is 14.9. The number of anilines is 1. The molecule has 3 aromatic rings. The number of benzene rings is 2. The fraction of sp³-hybridized carbons (Fsp3) is 0.273. The molecule has 9 heteroatoms. The van der Waals surface area contributed by atoms with Crippen LogP contribution >= 0.6 is 11.6 Å². The molecule has 4 N–H and O–H groups in total. The first-order valence-electron chi connectivity index (χ1n) is 9.97. The molecular weight excluding hydrogens is 436 g/mol. The second-order valence-corrected chi connectivity index (χ2v) is 8.29. The summed E-state index contributed by atoms with van der Waals surface area (Å²) >= 11 is 3.90. The number of nitrogens with zero attached hydrogens (tertiary/aromatic N) is 1. The number of hydrogen-bond acceptors (Lipinski definition) is 3.